The van der Waals surface area contributed by atoms with Gasteiger partial charge >= 0.3 is 0 Å². The first-order chi connectivity index (χ1) is 10.9. The second-order valence-corrected chi connectivity index (χ2v) is 7.11. The van der Waals surface area contributed by atoms with Gasteiger partial charge in [-0.2, -0.15) is 0 Å². The predicted molar refractivity (Wildman–Crippen MR) is 89.7 cm³/mol. The molecule has 0 spiro atoms. The van der Waals surface area contributed by atoms with Gasteiger partial charge in [0.15, 0.2) is 0 Å². The van der Waals surface area contributed by atoms with Crippen molar-refractivity contribution >= 4 is 21.6 Å². The number of nitrogens with one attached hydrogen (secondary N) is 1. The molecule has 0 aliphatic carbocycles. The maximum atomic E-state index is 12.2. The number of hydrogen-bond donors (Lipinski definition) is 1. The van der Waals surface area contributed by atoms with E-state index in [1.807, 2.05) is 0 Å². The van der Waals surface area contributed by atoms with Crippen LogP contribution in [-0.2, 0) is 10.0 Å². The van der Waals surface area contributed by atoms with Gasteiger partial charge in [-0.05, 0) is 55.5 Å². The monoisotopic (exact) mass is 355 g/mol. The Labute approximate surface area is 141 Å². The SMILES string of the molecule is COc1ccc(OC[C@H](C)NS(=O)(=O)c2ccc(Cl)cc2)cc1. The molecule has 1 atom stereocenters. The lowest BCUT2D eigenvalue weighted by molar-refractivity contribution is 0.287. The number of benzene rings is 2. The van der Waals surface area contributed by atoms with Crippen LogP contribution in [0.4, 0.5) is 0 Å². The number of rotatable bonds is 7. The van der Waals surface area contributed by atoms with Gasteiger partial charge in [0.1, 0.15) is 18.1 Å². The largest absolute Gasteiger partial charge is 0.497 e. The molecule has 0 aliphatic rings. The zero-order valence-electron chi connectivity index (χ0n) is 12.8. The smallest absolute Gasteiger partial charge is 0.240 e. The number of sulfonamides is 1. The van der Waals surface area contributed by atoms with E-state index in [2.05, 4.69) is 4.72 Å². The topological polar surface area (TPSA) is 64.6 Å². The Kier molecular flexibility index (Phi) is 5.87. The second kappa shape index (κ2) is 7.68. The Morgan fingerprint density at radius 3 is 2.17 bits per heavy atom. The first-order valence-corrected chi connectivity index (χ1v) is 8.81. The summed E-state index contributed by atoms with van der Waals surface area (Å²) < 4.78 is 37.6. The fraction of sp³-hybridized carbons (Fsp3) is 0.250. The minimum atomic E-state index is -3.60. The quantitative estimate of drug-likeness (QED) is 0.828. The first kappa shape index (κ1) is 17.6. The van der Waals surface area contributed by atoms with E-state index >= 15 is 0 Å². The highest BCUT2D eigenvalue weighted by Crippen LogP contribution is 2.17. The lowest BCUT2D eigenvalue weighted by Crippen LogP contribution is -2.36. The summed E-state index contributed by atoms with van der Waals surface area (Å²) in [5.74, 6) is 1.37. The van der Waals surface area contributed by atoms with Crippen molar-refractivity contribution in [1.29, 1.82) is 0 Å². The number of ether oxygens (including phenoxy) is 2. The molecule has 0 aromatic heterocycles. The molecule has 5 nitrogen and oxygen atoms in total. The van der Waals surface area contributed by atoms with Crippen molar-refractivity contribution in [2.24, 2.45) is 0 Å². The summed E-state index contributed by atoms with van der Waals surface area (Å²) in [6.07, 6.45) is 0. The number of hydrogen-bond acceptors (Lipinski definition) is 4. The third-order valence-electron chi connectivity index (χ3n) is 3.04. The third kappa shape index (κ3) is 5.13. The van der Waals surface area contributed by atoms with Gasteiger partial charge in [-0.15, -0.1) is 0 Å². The molecule has 0 radical (unpaired) electrons. The van der Waals surface area contributed by atoms with Gasteiger partial charge in [-0.1, -0.05) is 11.6 Å². The van der Waals surface area contributed by atoms with Gasteiger partial charge in [-0.3, -0.25) is 0 Å². The van der Waals surface area contributed by atoms with Crippen LogP contribution in [0.3, 0.4) is 0 Å². The minimum Gasteiger partial charge on any atom is -0.497 e. The van der Waals surface area contributed by atoms with Crippen molar-refractivity contribution in [3.05, 3.63) is 53.6 Å². The predicted octanol–water partition coefficient (Wildman–Crippen LogP) is 3.09. The van der Waals surface area contributed by atoms with Crippen molar-refractivity contribution in [3.63, 3.8) is 0 Å². The van der Waals surface area contributed by atoms with E-state index < -0.39 is 16.1 Å². The Hall–Kier alpha value is -1.76. The summed E-state index contributed by atoms with van der Waals surface area (Å²) in [6.45, 7) is 1.94. The van der Waals surface area contributed by atoms with E-state index in [1.54, 1.807) is 38.3 Å². The highest BCUT2D eigenvalue weighted by atomic mass is 35.5. The van der Waals surface area contributed by atoms with E-state index in [4.69, 9.17) is 21.1 Å². The number of halogens is 1. The van der Waals surface area contributed by atoms with Crippen molar-refractivity contribution in [2.75, 3.05) is 13.7 Å². The van der Waals surface area contributed by atoms with Crippen molar-refractivity contribution in [3.8, 4) is 11.5 Å². The molecule has 124 valence electrons. The molecule has 2 aromatic rings. The molecule has 0 saturated heterocycles. The Morgan fingerprint density at radius 1 is 1.04 bits per heavy atom. The van der Waals surface area contributed by atoms with Crippen molar-refractivity contribution < 1.29 is 17.9 Å². The average Bonchev–Trinajstić information content (AvgIpc) is 2.53. The molecule has 0 fully saturated rings. The summed E-state index contributed by atoms with van der Waals surface area (Å²) in [5.41, 5.74) is 0. The normalized spacial score (nSPS) is 12.7. The molecular weight excluding hydrogens is 338 g/mol. The van der Waals surface area contributed by atoms with Gasteiger partial charge in [0, 0.05) is 5.02 Å². The summed E-state index contributed by atoms with van der Waals surface area (Å²) in [4.78, 5) is 0.165. The molecule has 0 saturated carbocycles. The molecule has 23 heavy (non-hydrogen) atoms. The van der Waals surface area contributed by atoms with Gasteiger partial charge in [0.25, 0.3) is 0 Å². The van der Waals surface area contributed by atoms with Crippen LogP contribution in [0.25, 0.3) is 0 Å². The van der Waals surface area contributed by atoms with Crippen LogP contribution < -0.4 is 14.2 Å². The summed E-state index contributed by atoms with van der Waals surface area (Å²) in [5, 5.41) is 0.486. The molecule has 7 heteroatoms. The summed E-state index contributed by atoms with van der Waals surface area (Å²) in [7, 11) is -2.01. The lowest BCUT2D eigenvalue weighted by atomic mass is 10.3. The zero-order valence-corrected chi connectivity index (χ0v) is 14.4. The van der Waals surface area contributed by atoms with Gasteiger partial charge < -0.3 is 9.47 Å². The van der Waals surface area contributed by atoms with E-state index in [-0.39, 0.29) is 11.5 Å². The van der Waals surface area contributed by atoms with E-state index in [9.17, 15) is 8.42 Å². The van der Waals surface area contributed by atoms with Crippen LogP contribution in [0.1, 0.15) is 6.92 Å². The molecular formula is C16H18ClNO4S. The van der Waals surface area contributed by atoms with Crippen LogP contribution in [0.2, 0.25) is 5.02 Å². The molecule has 0 bridgehead atoms. The van der Waals surface area contributed by atoms with Gasteiger partial charge in [0.2, 0.25) is 10.0 Å². The summed E-state index contributed by atoms with van der Waals surface area (Å²) in [6, 6.07) is 12.7. The maximum absolute atomic E-state index is 12.2. The minimum absolute atomic E-state index is 0.165. The van der Waals surface area contributed by atoms with Crippen molar-refractivity contribution in [2.45, 2.75) is 17.9 Å². The van der Waals surface area contributed by atoms with E-state index in [0.29, 0.717) is 10.8 Å². The molecule has 1 N–H and O–H groups in total. The van der Waals surface area contributed by atoms with Crippen LogP contribution in [-0.4, -0.2) is 28.2 Å². The molecule has 0 amide bonds. The van der Waals surface area contributed by atoms with Crippen LogP contribution in [0, 0.1) is 0 Å². The maximum Gasteiger partial charge on any atom is 0.240 e. The Balaban J connectivity index is 1.92. The second-order valence-electron chi connectivity index (χ2n) is 4.96. The van der Waals surface area contributed by atoms with E-state index in [0.717, 1.165) is 5.75 Å². The van der Waals surface area contributed by atoms with Crippen LogP contribution >= 0.6 is 11.6 Å². The average molecular weight is 356 g/mol. The van der Waals surface area contributed by atoms with Crippen LogP contribution in [0.15, 0.2) is 53.4 Å². The highest BCUT2D eigenvalue weighted by Gasteiger charge is 2.17. The fourth-order valence-electron chi connectivity index (χ4n) is 1.87. The molecule has 0 aliphatic heterocycles. The number of methoxy groups -OCH3 is 1. The Morgan fingerprint density at radius 2 is 1.61 bits per heavy atom. The summed E-state index contributed by atoms with van der Waals surface area (Å²) >= 11 is 5.76. The molecule has 0 heterocycles. The Bertz CT molecular complexity index is 730. The highest BCUT2D eigenvalue weighted by molar-refractivity contribution is 7.89. The molecule has 0 unspecified atom stereocenters. The van der Waals surface area contributed by atoms with Gasteiger partial charge in [-0.25, -0.2) is 13.1 Å². The first-order valence-electron chi connectivity index (χ1n) is 6.95. The van der Waals surface area contributed by atoms with E-state index in [1.165, 1.54) is 24.3 Å². The fourth-order valence-corrected chi connectivity index (χ4v) is 3.23. The third-order valence-corrected chi connectivity index (χ3v) is 4.90. The molecule has 2 aromatic carbocycles. The van der Waals surface area contributed by atoms with Crippen molar-refractivity contribution in [1.82, 2.24) is 4.72 Å². The standard InChI is InChI=1S/C16H18ClNO4S/c1-12(11-22-15-7-5-14(21-2)6-8-15)18-23(19,20)16-9-3-13(17)4-10-16/h3-10,12,18H,11H2,1-2H3/t12-/m0/s1. The molecule has 2 rings (SSSR count). The lowest BCUT2D eigenvalue weighted by Gasteiger charge is -2.15. The zero-order chi connectivity index (χ0) is 16.9. The van der Waals surface area contributed by atoms with Crippen LogP contribution in [0.5, 0.6) is 11.5 Å². The van der Waals surface area contributed by atoms with Gasteiger partial charge in [0.05, 0.1) is 18.0 Å².